The minimum atomic E-state index is 0.255. The fourth-order valence-electron chi connectivity index (χ4n) is 3.49. The Morgan fingerprint density at radius 2 is 1.62 bits per heavy atom. The van der Waals surface area contributed by atoms with Crippen LogP contribution < -0.4 is 4.90 Å². The normalized spacial score (nSPS) is 14.6. The Hall–Kier alpha value is -2.00. The van der Waals surface area contributed by atoms with Gasteiger partial charge in [0.25, 0.3) is 0 Å². The Morgan fingerprint density at radius 1 is 0.923 bits per heavy atom. The predicted octanol–water partition coefficient (Wildman–Crippen LogP) is 4.55. The zero-order valence-corrected chi connectivity index (χ0v) is 16.6. The van der Waals surface area contributed by atoms with Gasteiger partial charge in [-0.05, 0) is 61.6 Å². The molecule has 3 rings (SSSR count). The molecule has 138 valence electrons. The van der Waals surface area contributed by atoms with Gasteiger partial charge in [-0.3, -0.25) is 4.79 Å². The van der Waals surface area contributed by atoms with Crippen LogP contribution in [0.15, 0.2) is 36.4 Å². The van der Waals surface area contributed by atoms with Crippen LogP contribution in [0.25, 0.3) is 0 Å². The monoisotopic (exact) mass is 370 g/mol. The van der Waals surface area contributed by atoms with Gasteiger partial charge in [0.15, 0.2) is 0 Å². The second kappa shape index (κ2) is 8.13. The van der Waals surface area contributed by atoms with Crippen molar-refractivity contribution in [3.63, 3.8) is 0 Å². The van der Waals surface area contributed by atoms with Crippen LogP contribution in [0, 0.1) is 20.8 Å². The van der Waals surface area contributed by atoms with Crippen LogP contribution in [0.5, 0.6) is 0 Å². The summed E-state index contributed by atoms with van der Waals surface area (Å²) in [6.07, 6.45) is 1.40. The first kappa shape index (κ1) is 18.8. The Balaban J connectivity index is 1.53. The van der Waals surface area contributed by atoms with Crippen molar-refractivity contribution in [2.24, 2.45) is 0 Å². The topological polar surface area (TPSA) is 23.6 Å². The first-order valence-electron chi connectivity index (χ1n) is 9.29. The molecule has 0 unspecified atom stereocenters. The molecule has 1 amide bonds. The molecule has 0 spiro atoms. The molecule has 1 heterocycles. The van der Waals surface area contributed by atoms with E-state index < -0.39 is 0 Å². The minimum Gasteiger partial charge on any atom is -0.368 e. The van der Waals surface area contributed by atoms with E-state index in [1.165, 1.54) is 27.9 Å². The Labute approximate surface area is 161 Å². The quantitative estimate of drug-likeness (QED) is 0.788. The summed E-state index contributed by atoms with van der Waals surface area (Å²) in [5.41, 5.74) is 6.24. The smallest absolute Gasteiger partial charge is 0.223 e. The highest BCUT2D eigenvalue weighted by molar-refractivity contribution is 6.30. The molecular formula is C22H27ClN2O. The number of carbonyl (C=O) groups is 1. The van der Waals surface area contributed by atoms with Gasteiger partial charge in [0.2, 0.25) is 5.91 Å². The molecule has 0 bridgehead atoms. The van der Waals surface area contributed by atoms with Gasteiger partial charge in [-0.25, -0.2) is 0 Å². The third-order valence-electron chi connectivity index (χ3n) is 5.34. The molecule has 0 N–H and O–H groups in total. The van der Waals surface area contributed by atoms with Crippen molar-refractivity contribution in [1.29, 1.82) is 0 Å². The molecule has 0 aliphatic carbocycles. The number of hydrogen-bond acceptors (Lipinski definition) is 2. The van der Waals surface area contributed by atoms with E-state index >= 15 is 0 Å². The van der Waals surface area contributed by atoms with Crippen molar-refractivity contribution in [2.75, 3.05) is 31.1 Å². The maximum atomic E-state index is 12.6. The SMILES string of the molecule is Cc1ccc(CCC(=O)N2CCN(c3cc(Cl)ccc3C)CC2)cc1C. The highest BCUT2D eigenvalue weighted by Crippen LogP contribution is 2.25. The van der Waals surface area contributed by atoms with E-state index in [0.717, 1.165) is 37.6 Å². The Kier molecular flexibility index (Phi) is 5.87. The van der Waals surface area contributed by atoms with Gasteiger partial charge < -0.3 is 9.80 Å². The van der Waals surface area contributed by atoms with Crippen LogP contribution in [-0.2, 0) is 11.2 Å². The summed E-state index contributed by atoms with van der Waals surface area (Å²) >= 11 is 6.14. The third-order valence-corrected chi connectivity index (χ3v) is 5.58. The zero-order chi connectivity index (χ0) is 18.7. The maximum Gasteiger partial charge on any atom is 0.223 e. The zero-order valence-electron chi connectivity index (χ0n) is 15.9. The standard InChI is InChI=1S/C22H27ClN2O/c1-16-4-6-19(14-18(16)3)7-9-22(26)25-12-10-24(11-13-25)21-15-20(23)8-5-17(21)2/h4-6,8,14-15H,7,9-13H2,1-3H3. The number of benzene rings is 2. The first-order valence-corrected chi connectivity index (χ1v) is 9.67. The lowest BCUT2D eigenvalue weighted by atomic mass is 10.0. The molecule has 4 heteroatoms. The predicted molar refractivity (Wildman–Crippen MR) is 109 cm³/mol. The molecular weight excluding hydrogens is 344 g/mol. The highest BCUT2D eigenvalue weighted by Gasteiger charge is 2.22. The minimum absolute atomic E-state index is 0.255. The van der Waals surface area contributed by atoms with Crippen LogP contribution in [0.1, 0.15) is 28.7 Å². The van der Waals surface area contributed by atoms with E-state index in [1.807, 2.05) is 17.0 Å². The van der Waals surface area contributed by atoms with Gasteiger partial charge >= 0.3 is 0 Å². The van der Waals surface area contributed by atoms with Crippen molar-refractivity contribution in [3.05, 3.63) is 63.7 Å². The second-order valence-electron chi connectivity index (χ2n) is 7.22. The van der Waals surface area contributed by atoms with Gasteiger partial charge in [-0.1, -0.05) is 35.9 Å². The number of anilines is 1. The van der Waals surface area contributed by atoms with Crippen LogP contribution >= 0.6 is 11.6 Å². The summed E-state index contributed by atoms with van der Waals surface area (Å²) in [4.78, 5) is 16.9. The number of nitrogens with zero attached hydrogens (tertiary/aromatic N) is 2. The highest BCUT2D eigenvalue weighted by atomic mass is 35.5. The van der Waals surface area contributed by atoms with E-state index in [0.29, 0.717) is 6.42 Å². The number of piperazine rings is 1. The van der Waals surface area contributed by atoms with E-state index in [9.17, 15) is 4.79 Å². The fourth-order valence-corrected chi connectivity index (χ4v) is 3.65. The van der Waals surface area contributed by atoms with Gasteiger partial charge in [0.1, 0.15) is 0 Å². The van der Waals surface area contributed by atoms with Crippen LogP contribution in [0.4, 0.5) is 5.69 Å². The first-order chi connectivity index (χ1) is 12.4. The summed E-state index contributed by atoms with van der Waals surface area (Å²) in [5.74, 6) is 0.255. The molecule has 1 aliphatic rings. The molecule has 0 aromatic heterocycles. The molecule has 3 nitrogen and oxygen atoms in total. The van der Waals surface area contributed by atoms with Crippen molar-refractivity contribution in [2.45, 2.75) is 33.6 Å². The lowest BCUT2D eigenvalue weighted by molar-refractivity contribution is -0.131. The van der Waals surface area contributed by atoms with Gasteiger partial charge in [-0.15, -0.1) is 0 Å². The van der Waals surface area contributed by atoms with Gasteiger partial charge in [-0.2, -0.15) is 0 Å². The van der Waals surface area contributed by atoms with E-state index in [2.05, 4.69) is 49.9 Å². The summed E-state index contributed by atoms with van der Waals surface area (Å²) in [7, 11) is 0. The number of halogens is 1. The van der Waals surface area contributed by atoms with Crippen molar-refractivity contribution < 1.29 is 4.79 Å². The van der Waals surface area contributed by atoms with Crippen LogP contribution in [-0.4, -0.2) is 37.0 Å². The van der Waals surface area contributed by atoms with Crippen molar-refractivity contribution >= 4 is 23.2 Å². The molecule has 1 saturated heterocycles. The lowest BCUT2D eigenvalue weighted by Crippen LogP contribution is -2.49. The van der Waals surface area contributed by atoms with E-state index in [1.54, 1.807) is 0 Å². The molecule has 2 aromatic rings. The third kappa shape index (κ3) is 4.39. The number of amides is 1. The number of aryl methyl sites for hydroxylation is 4. The van der Waals surface area contributed by atoms with Crippen LogP contribution in [0.3, 0.4) is 0 Å². The summed E-state index contributed by atoms with van der Waals surface area (Å²) in [6, 6.07) is 12.5. The largest absolute Gasteiger partial charge is 0.368 e. The Bertz CT molecular complexity index is 795. The molecule has 1 fully saturated rings. The van der Waals surface area contributed by atoms with Crippen LogP contribution in [0.2, 0.25) is 5.02 Å². The summed E-state index contributed by atoms with van der Waals surface area (Å²) in [6.45, 7) is 9.61. The lowest BCUT2D eigenvalue weighted by Gasteiger charge is -2.37. The van der Waals surface area contributed by atoms with Crippen molar-refractivity contribution in [1.82, 2.24) is 4.90 Å². The summed E-state index contributed by atoms with van der Waals surface area (Å²) in [5, 5.41) is 0.762. The van der Waals surface area contributed by atoms with Gasteiger partial charge in [0.05, 0.1) is 0 Å². The average molecular weight is 371 g/mol. The Morgan fingerprint density at radius 3 is 2.31 bits per heavy atom. The second-order valence-corrected chi connectivity index (χ2v) is 7.65. The number of carbonyl (C=O) groups excluding carboxylic acids is 1. The average Bonchev–Trinajstić information content (AvgIpc) is 2.64. The van der Waals surface area contributed by atoms with Crippen molar-refractivity contribution in [3.8, 4) is 0 Å². The molecule has 0 atom stereocenters. The molecule has 1 aliphatic heterocycles. The number of rotatable bonds is 4. The molecule has 26 heavy (non-hydrogen) atoms. The maximum absolute atomic E-state index is 12.6. The fraction of sp³-hybridized carbons (Fsp3) is 0.409. The molecule has 0 saturated carbocycles. The van der Waals surface area contributed by atoms with Gasteiger partial charge in [0, 0.05) is 43.3 Å². The van der Waals surface area contributed by atoms with E-state index in [4.69, 9.17) is 11.6 Å². The number of hydrogen-bond donors (Lipinski definition) is 0. The molecule has 0 radical (unpaired) electrons. The molecule has 2 aromatic carbocycles. The van der Waals surface area contributed by atoms with E-state index in [-0.39, 0.29) is 5.91 Å². The summed E-state index contributed by atoms with van der Waals surface area (Å²) < 4.78 is 0.